The number of alkyl halides is 3. The SMILES string of the molecule is O=C(O)C1CCCCC1CC(F)(F)F. The smallest absolute Gasteiger partial charge is 0.389 e. The molecule has 0 aromatic carbocycles. The molecule has 1 rings (SSSR count). The standard InChI is InChI=1S/C9H13F3O2/c10-9(11,12)5-6-3-1-2-4-7(6)8(13)14/h6-7H,1-5H2,(H,13,14). The number of rotatable bonds is 2. The molecule has 14 heavy (non-hydrogen) atoms. The van der Waals surface area contributed by atoms with Gasteiger partial charge in [0.2, 0.25) is 0 Å². The van der Waals surface area contributed by atoms with Gasteiger partial charge in [0.15, 0.2) is 0 Å². The van der Waals surface area contributed by atoms with Gasteiger partial charge >= 0.3 is 12.1 Å². The van der Waals surface area contributed by atoms with Crippen molar-refractivity contribution in [2.75, 3.05) is 0 Å². The quantitative estimate of drug-likeness (QED) is 0.760. The van der Waals surface area contributed by atoms with Crippen molar-refractivity contribution in [1.29, 1.82) is 0 Å². The van der Waals surface area contributed by atoms with E-state index in [-0.39, 0.29) is 0 Å². The van der Waals surface area contributed by atoms with Crippen molar-refractivity contribution in [3.8, 4) is 0 Å². The zero-order chi connectivity index (χ0) is 10.8. The molecule has 1 aliphatic rings. The fourth-order valence-electron chi connectivity index (χ4n) is 2.07. The molecule has 82 valence electrons. The fourth-order valence-corrected chi connectivity index (χ4v) is 2.07. The Morgan fingerprint density at radius 2 is 1.86 bits per heavy atom. The number of carboxylic acid groups (broad SMARTS) is 1. The molecule has 0 aromatic heterocycles. The Bertz CT molecular complexity index is 213. The summed E-state index contributed by atoms with van der Waals surface area (Å²) >= 11 is 0. The van der Waals surface area contributed by atoms with E-state index in [2.05, 4.69) is 0 Å². The van der Waals surface area contributed by atoms with Gasteiger partial charge in [-0.2, -0.15) is 13.2 Å². The first kappa shape index (κ1) is 11.3. The second-order valence-electron chi connectivity index (χ2n) is 3.81. The highest BCUT2D eigenvalue weighted by molar-refractivity contribution is 5.70. The molecule has 0 amide bonds. The summed E-state index contributed by atoms with van der Waals surface area (Å²) in [5.41, 5.74) is 0. The molecule has 5 heteroatoms. The summed E-state index contributed by atoms with van der Waals surface area (Å²) in [6.45, 7) is 0. The van der Waals surface area contributed by atoms with Crippen LogP contribution < -0.4 is 0 Å². The molecule has 1 N–H and O–H groups in total. The Hall–Kier alpha value is -0.740. The molecular formula is C9H13F3O2. The van der Waals surface area contributed by atoms with Gasteiger partial charge < -0.3 is 5.11 Å². The van der Waals surface area contributed by atoms with Crippen molar-refractivity contribution < 1.29 is 23.1 Å². The molecule has 2 unspecified atom stereocenters. The van der Waals surface area contributed by atoms with Gasteiger partial charge in [-0.25, -0.2) is 0 Å². The number of hydrogen-bond donors (Lipinski definition) is 1. The average Bonchev–Trinajstić information content (AvgIpc) is 2.01. The second kappa shape index (κ2) is 4.19. The van der Waals surface area contributed by atoms with Crippen LogP contribution in [0.5, 0.6) is 0 Å². The van der Waals surface area contributed by atoms with Crippen LogP contribution >= 0.6 is 0 Å². The summed E-state index contributed by atoms with van der Waals surface area (Å²) in [6, 6.07) is 0. The lowest BCUT2D eigenvalue weighted by Gasteiger charge is -2.28. The molecule has 1 saturated carbocycles. The Morgan fingerprint density at radius 1 is 1.29 bits per heavy atom. The summed E-state index contributed by atoms with van der Waals surface area (Å²) in [7, 11) is 0. The van der Waals surface area contributed by atoms with Crippen LogP contribution in [-0.4, -0.2) is 17.3 Å². The third-order valence-electron chi connectivity index (χ3n) is 2.72. The van der Waals surface area contributed by atoms with Gasteiger partial charge in [-0.05, 0) is 18.8 Å². The minimum absolute atomic E-state index is 0.385. The monoisotopic (exact) mass is 210 g/mol. The van der Waals surface area contributed by atoms with E-state index >= 15 is 0 Å². The van der Waals surface area contributed by atoms with Crippen molar-refractivity contribution in [2.45, 2.75) is 38.3 Å². The van der Waals surface area contributed by atoms with E-state index < -0.39 is 30.4 Å². The van der Waals surface area contributed by atoms with Gasteiger partial charge in [-0.3, -0.25) is 4.79 Å². The van der Waals surface area contributed by atoms with Crippen LogP contribution in [0, 0.1) is 11.8 Å². The lowest BCUT2D eigenvalue weighted by atomic mass is 9.77. The predicted octanol–water partition coefficient (Wildman–Crippen LogP) is 2.83. The maximum Gasteiger partial charge on any atom is 0.389 e. The summed E-state index contributed by atoms with van der Waals surface area (Å²) < 4.78 is 36.3. The molecule has 0 aromatic rings. The lowest BCUT2D eigenvalue weighted by Crippen LogP contribution is -2.30. The summed E-state index contributed by atoms with van der Waals surface area (Å²) in [5, 5.41) is 8.74. The molecule has 0 bridgehead atoms. The maximum atomic E-state index is 12.1. The zero-order valence-electron chi connectivity index (χ0n) is 7.68. The van der Waals surface area contributed by atoms with Crippen molar-refractivity contribution >= 4 is 5.97 Å². The molecule has 0 spiro atoms. The number of carbonyl (C=O) groups is 1. The van der Waals surface area contributed by atoms with E-state index in [9.17, 15) is 18.0 Å². The van der Waals surface area contributed by atoms with Gasteiger partial charge in [-0.15, -0.1) is 0 Å². The normalized spacial score (nSPS) is 28.8. The molecule has 2 nitrogen and oxygen atoms in total. The van der Waals surface area contributed by atoms with E-state index in [0.29, 0.717) is 19.3 Å². The molecular weight excluding hydrogens is 197 g/mol. The fraction of sp³-hybridized carbons (Fsp3) is 0.889. The van der Waals surface area contributed by atoms with Crippen molar-refractivity contribution in [3.63, 3.8) is 0 Å². The van der Waals surface area contributed by atoms with Gasteiger partial charge in [0.25, 0.3) is 0 Å². The van der Waals surface area contributed by atoms with E-state index in [1.165, 1.54) is 0 Å². The van der Waals surface area contributed by atoms with E-state index in [1.54, 1.807) is 0 Å². The predicted molar refractivity (Wildman–Crippen MR) is 43.8 cm³/mol. The molecule has 0 aliphatic heterocycles. The summed E-state index contributed by atoms with van der Waals surface area (Å²) in [4.78, 5) is 10.7. The van der Waals surface area contributed by atoms with Gasteiger partial charge in [0, 0.05) is 6.42 Å². The molecule has 0 heterocycles. The maximum absolute atomic E-state index is 12.1. The molecule has 0 radical (unpaired) electrons. The second-order valence-corrected chi connectivity index (χ2v) is 3.81. The van der Waals surface area contributed by atoms with Crippen LogP contribution in [-0.2, 0) is 4.79 Å². The Balaban J connectivity index is 2.59. The average molecular weight is 210 g/mol. The largest absolute Gasteiger partial charge is 0.481 e. The van der Waals surface area contributed by atoms with Crippen LogP contribution in [0.2, 0.25) is 0 Å². The van der Waals surface area contributed by atoms with Crippen LogP contribution in [0.1, 0.15) is 32.1 Å². The van der Waals surface area contributed by atoms with Crippen LogP contribution in [0.25, 0.3) is 0 Å². The van der Waals surface area contributed by atoms with Crippen molar-refractivity contribution in [2.24, 2.45) is 11.8 Å². The van der Waals surface area contributed by atoms with Crippen molar-refractivity contribution in [1.82, 2.24) is 0 Å². The Morgan fingerprint density at radius 3 is 2.36 bits per heavy atom. The Labute approximate surface area is 80.1 Å². The summed E-state index contributed by atoms with van der Waals surface area (Å²) in [5.74, 6) is -2.61. The number of halogens is 3. The molecule has 0 saturated heterocycles. The van der Waals surface area contributed by atoms with Gasteiger partial charge in [-0.1, -0.05) is 12.8 Å². The van der Waals surface area contributed by atoms with E-state index in [0.717, 1.165) is 6.42 Å². The van der Waals surface area contributed by atoms with Gasteiger partial charge in [0.1, 0.15) is 0 Å². The van der Waals surface area contributed by atoms with E-state index in [1.807, 2.05) is 0 Å². The van der Waals surface area contributed by atoms with Crippen LogP contribution in [0.15, 0.2) is 0 Å². The first-order valence-electron chi connectivity index (χ1n) is 4.69. The highest BCUT2D eigenvalue weighted by Crippen LogP contribution is 2.37. The number of aliphatic carboxylic acids is 1. The van der Waals surface area contributed by atoms with Crippen LogP contribution in [0.3, 0.4) is 0 Å². The van der Waals surface area contributed by atoms with Crippen molar-refractivity contribution in [3.05, 3.63) is 0 Å². The highest BCUT2D eigenvalue weighted by atomic mass is 19.4. The van der Waals surface area contributed by atoms with E-state index in [4.69, 9.17) is 5.11 Å². The third kappa shape index (κ3) is 3.20. The minimum Gasteiger partial charge on any atom is -0.481 e. The molecule has 2 atom stereocenters. The minimum atomic E-state index is -4.24. The van der Waals surface area contributed by atoms with Gasteiger partial charge in [0.05, 0.1) is 5.92 Å². The third-order valence-corrected chi connectivity index (χ3v) is 2.72. The molecule has 1 aliphatic carbocycles. The zero-order valence-corrected chi connectivity index (χ0v) is 7.68. The highest BCUT2D eigenvalue weighted by Gasteiger charge is 2.39. The topological polar surface area (TPSA) is 37.3 Å². The number of hydrogen-bond acceptors (Lipinski definition) is 1. The Kier molecular flexibility index (Phi) is 3.39. The lowest BCUT2D eigenvalue weighted by molar-refractivity contribution is -0.160. The first-order chi connectivity index (χ1) is 6.40. The van der Waals surface area contributed by atoms with Crippen LogP contribution in [0.4, 0.5) is 13.2 Å². The first-order valence-corrected chi connectivity index (χ1v) is 4.69. The number of carboxylic acids is 1. The molecule has 1 fully saturated rings. The summed E-state index contributed by atoms with van der Waals surface area (Å²) in [6.07, 6.45) is -2.98.